The maximum absolute atomic E-state index is 9.99. The Morgan fingerprint density at radius 3 is 2.45 bits per heavy atom. The molecule has 0 spiro atoms. The van der Waals surface area contributed by atoms with Gasteiger partial charge in [-0.1, -0.05) is 26.2 Å². The Bertz CT molecular complexity index is 99.8. The van der Waals surface area contributed by atoms with E-state index in [2.05, 4.69) is 11.4 Å². The Kier molecular flexibility index (Phi) is 12.6. The van der Waals surface area contributed by atoms with E-state index < -0.39 is 8.25 Å². The van der Waals surface area contributed by atoms with E-state index in [-0.39, 0.29) is 6.15 Å². The first-order chi connectivity index (χ1) is 4.77. The van der Waals surface area contributed by atoms with E-state index in [9.17, 15) is 4.57 Å². The van der Waals surface area contributed by atoms with Crippen LogP contribution in [0.3, 0.4) is 0 Å². The molecule has 11 heavy (non-hydrogen) atoms. The molecule has 0 aromatic carbocycles. The van der Waals surface area contributed by atoms with Crippen LogP contribution in [0.4, 0.5) is 0 Å². The smallest absolute Gasteiger partial charge is 0.316 e. The van der Waals surface area contributed by atoms with Gasteiger partial charge in [0.05, 0.1) is 6.61 Å². The molecule has 0 saturated carbocycles. The number of rotatable bonds is 6. The van der Waals surface area contributed by atoms with Gasteiger partial charge in [-0.25, -0.2) is 0 Å². The van der Waals surface area contributed by atoms with Crippen LogP contribution in [-0.4, -0.2) is 11.5 Å². The fourth-order valence-electron chi connectivity index (χ4n) is 0.688. The van der Waals surface area contributed by atoms with E-state index in [4.69, 9.17) is 4.89 Å². The van der Waals surface area contributed by atoms with Gasteiger partial charge in [0.15, 0.2) is 0 Å². The molecule has 0 rings (SSSR count). The molecule has 1 unspecified atom stereocenters. The molecule has 4 nitrogen and oxygen atoms in total. The summed E-state index contributed by atoms with van der Waals surface area (Å²) >= 11 is 0. The Balaban J connectivity index is 0. The average molecular weight is 183 g/mol. The minimum absolute atomic E-state index is 0. The zero-order valence-corrected chi connectivity index (χ0v) is 8.01. The second-order valence-corrected chi connectivity index (χ2v) is 3.00. The molecular formula is C6H18NO3P. The van der Waals surface area contributed by atoms with Crippen LogP contribution < -0.4 is 6.15 Å². The van der Waals surface area contributed by atoms with Gasteiger partial charge in [0, 0.05) is 0 Å². The quantitative estimate of drug-likeness (QED) is 0.488. The second-order valence-electron chi connectivity index (χ2n) is 2.18. The van der Waals surface area contributed by atoms with Gasteiger partial charge in [-0.15, -0.1) is 0 Å². The van der Waals surface area contributed by atoms with Crippen LogP contribution in [0.5, 0.6) is 0 Å². The van der Waals surface area contributed by atoms with Gasteiger partial charge in [-0.3, -0.25) is 4.57 Å². The highest BCUT2D eigenvalue weighted by molar-refractivity contribution is 7.32. The van der Waals surface area contributed by atoms with Crippen molar-refractivity contribution in [3.8, 4) is 0 Å². The maximum Gasteiger partial charge on any atom is 0.316 e. The van der Waals surface area contributed by atoms with Crippen LogP contribution in [0.15, 0.2) is 0 Å². The zero-order valence-electron chi connectivity index (χ0n) is 7.01. The van der Waals surface area contributed by atoms with Crippen molar-refractivity contribution >= 4 is 8.25 Å². The Labute approximate surface area is 68.5 Å². The maximum atomic E-state index is 9.99. The van der Waals surface area contributed by atoms with Crippen molar-refractivity contribution in [2.75, 3.05) is 6.61 Å². The monoisotopic (exact) mass is 183 g/mol. The van der Waals surface area contributed by atoms with Gasteiger partial charge in [-0.2, -0.15) is 0 Å². The van der Waals surface area contributed by atoms with Gasteiger partial charge >= 0.3 is 8.25 Å². The van der Waals surface area contributed by atoms with Crippen LogP contribution in [0, 0.1) is 0 Å². The molecular weight excluding hydrogens is 165 g/mol. The topological polar surface area (TPSA) is 81.5 Å². The highest BCUT2D eigenvalue weighted by atomic mass is 31.1. The molecule has 0 radical (unpaired) electrons. The van der Waals surface area contributed by atoms with Crippen molar-refractivity contribution in [2.24, 2.45) is 0 Å². The van der Waals surface area contributed by atoms with E-state index in [1.807, 2.05) is 0 Å². The molecule has 0 saturated heterocycles. The minimum Gasteiger partial charge on any atom is -0.344 e. The van der Waals surface area contributed by atoms with Crippen molar-refractivity contribution in [2.45, 2.75) is 32.6 Å². The van der Waals surface area contributed by atoms with Crippen LogP contribution in [-0.2, 0) is 9.09 Å². The predicted octanol–water partition coefficient (Wildman–Crippen LogP) is 2.13. The summed E-state index contributed by atoms with van der Waals surface area (Å²) in [6, 6.07) is 0. The van der Waals surface area contributed by atoms with Crippen molar-refractivity contribution in [1.82, 2.24) is 6.15 Å². The fraction of sp³-hybridized carbons (Fsp3) is 1.00. The molecule has 70 valence electrons. The first kappa shape index (κ1) is 13.7. The average Bonchev–Trinajstić information content (AvgIpc) is 1.87. The standard InChI is InChI=1S/C6H15O3P.H3N/c1-2-3-4-5-6-9-10(7)8;/h10H,2-6H2,1H3,(H,7,8);1H3. The lowest BCUT2D eigenvalue weighted by molar-refractivity contribution is 0.274. The lowest BCUT2D eigenvalue weighted by Crippen LogP contribution is -1.85. The van der Waals surface area contributed by atoms with Crippen LogP contribution in [0.1, 0.15) is 32.6 Å². The Hall–Kier alpha value is 0.110. The Morgan fingerprint density at radius 2 is 2.00 bits per heavy atom. The van der Waals surface area contributed by atoms with Gasteiger partial charge in [0.25, 0.3) is 0 Å². The van der Waals surface area contributed by atoms with Crippen LogP contribution in [0.2, 0.25) is 0 Å². The normalized spacial score (nSPS) is 12.2. The number of hydrogen-bond acceptors (Lipinski definition) is 3. The van der Waals surface area contributed by atoms with E-state index in [0.29, 0.717) is 6.61 Å². The summed E-state index contributed by atoms with van der Waals surface area (Å²) in [5.41, 5.74) is 0. The minimum atomic E-state index is -2.67. The van der Waals surface area contributed by atoms with Gasteiger partial charge in [0.1, 0.15) is 0 Å². The SMILES string of the molecule is CCCCCCO[PH](=O)O.N. The molecule has 1 atom stereocenters. The molecule has 0 fully saturated rings. The van der Waals surface area contributed by atoms with Gasteiger partial charge < -0.3 is 15.6 Å². The first-order valence-corrected chi connectivity index (χ1v) is 4.89. The lowest BCUT2D eigenvalue weighted by Gasteiger charge is -1.97. The molecule has 0 amide bonds. The van der Waals surface area contributed by atoms with E-state index in [1.54, 1.807) is 0 Å². The molecule has 0 aromatic heterocycles. The highest BCUT2D eigenvalue weighted by Gasteiger charge is 1.91. The number of unbranched alkanes of at least 4 members (excludes halogenated alkanes) is 3. The van der Waals surface area contributed by atoms with Crippen molar-refractivity contribution in [1.29, 1.82) is 0 Å². The third kappa shape index (κ3) is 13.2. The third-order valence-corrected chi connectivity index (χ3v) is 1.67. The molecule has 5 heteroatoms. The molecule has 0 aliphatic rings. The molecule has 0 heterocycles. The largest absolute Gasteiger partial charge is 0.344 e. The van der Waals surface area contributed by atoms with Gasteiger partial charge in [0.2, 0.25) is 0 Å². The summed E-state index contributed by atoms with van der Waals surface area (Å²) in [6.45, 7) is 2.55. The summed E-state index contributed by atoms with van der Waals surface area (Å²) in [4.78, 5) is 8.23. The molecule has 0 bridgehead atoms. The molecule has 0 aliphatic heterocycles. The molecule has 0 aromatic rings. The Morgan fingerprint density at radius 1 is 1.36 bits per heavy atom. The lowest BCUT2D eigenvalue weighted by atomic mass is 10.2. The predicted molar refractivity (Wildman–Crippen MR) is 46.3 cm³/mol. The summed E-state index contributed by atoms with van der Waals surface area (Å²) < 4.78 is 14.5. The van der Waals surface area contributed by atoms with Crippen molar-refractivity contribution in [3.63, 3.8) is 0 Å². The molecule has 4 N–H and O–H groups in total. The summed E-state index contributed by atoms with van der Waals surface area (Å²) in [5, 5.41) is 0. The van der Waals surface area contributed by atoms with E-state index in [0.717, 1.165) is 12.8 Å². The van der Waals surface area contributed by atoms with Crippen LogP contribution in [0.25, 0.3) is 0 Å². The van der Waals surface area contributed by atoms with Gasteiger partial charge in [-0.05, 0) is 6.42 Å². The number of hydrogen-bond donors (Lipinski definition) is 2. The van der Waals surface area contributed by atoms with E-state index in [1.165, 1.54) is 12.8 Å². The zero-order chi connectivity index (χ0) is 7.82. The van der Waals surface area contributed by atoms with Crippen molar-refractivity contribution in [3.05, 3.63) is 0 Å². The van der Waals surface area contributed by atoms with Crippen molar-refractivity contribution < 1.29 is 14.0 Å². The fourth-order valence-corrected chi connectivity index (χ4v) is 1.01. The summed E-state index contributed by atoms with van der Waals surface area (Å²) in [6.07, 6.45) is 4.33. The molecule has 0 aliphatic carbocycles. The van der Waals surface area contributed by atoms with Crippen LogP contribution >= 0.6 is 8.25 Å². The first-order valence-electron chi connectivity index (χ1n) is 3.63. The van der Waals surface area contributed by atoms with E-state index >= 15 is 0 Å². The second kappa shape index (κ2) is 10.1. The highest BCUT2D eigenvalue weighted by Crippen LogP contribution is 2.15. The summed E-state index contributed by atoms with van der Waals surface area (Å²) in [5.74, 6) is 0. The third-order valence-electron chi connectivity index (χ3n) is 1.22. The summed E-state index contributed by atoms with van der Waals surface area (Å²) in [7, 11) is -2.67.